The number of aliphatic hydroxyl groups is 3. The lowest BCUT2D eigenvalue weighted by Gasteiger charge is -2.18. The number of nitrogens with one attached hydrogen (secondary N) is 2. The summed E-state index contributed by atoms with van der Waals surface area (Å²) in [6.07, 6.45) is -2.44. The summed E-state index contributed by atoms with van der Waals surface area (Å²) < 4.78 is 6.88. The van der Waals surface area contributed by atoms with Crippen LogP contribution in [0.3, 0.4) is 0 Å². The lowest BCUT2D eigenvalue weighted by Crippen LogP contribution is -2.33. The van der Waals surface area contributed by atoms with Crippen LogP contribution in [0.15, 0.2) is 52.6 Å². The number of phenols is 1. The average molecular weight is 452 g/mol. The van der Waals surface area contributed by atoms with Crippen molar-refractivity contribution in [2.24, 2.45) is 5.10 Å². The molecule has 0 saturated carbocycles. The number of aromatic amines is 1. The average Bonchev–Trinajstić information content (AvgIpc) is 3.33. The van der Waals surface area contributed by atoms with Crippen LogP contribution >= 0.6 is 0 Å². The smallest absolute Gasteiger partial charge is 0.278 e. The Labute approximate surface area is 185 Å². The summed E-state index contributed by atoms with van der Waals surface area (Å²) in [6.45, 7) is -0.517. The number of hydrazone groups is 1. The Morgan fingerprint density at radius 1 is 1.21 bits per heavy atom. The van der Waals surface area contributed by atoms with Crippen molar-refractivity contribution in [1.29, 1.82) is 0 Å². The Kier molecular flexibility index (Phi) is 5.26. The second kappa shape index (κ2) is 8.26. The van der Waals surface area contributed by atoms with E-state index in [1.165, 1.54) is 17.1 Å². The van der Waals surface area contributed by atoms with Gasteiger partial charge in [0.15, 0.2) is 17.4 Å². The van der Waals surface area contributed by atoms with Gasteiger partial charge in [0.25, 0.3) is 5.56 Å². The lowest BCUT2D eigenvalue weighted by molar-refractivity contribution is -0.0501. The standard InChI is InChI=1S/C21H20N6O6/c28-8-14-16(30)17(31)20(33-14)27-18-15(19(32)23-9-22-18)25-21(27)26-24-7-12-11-4-2-1-3-10(11)5-6-13(12)29/h1-7,9,14,16-17,20,28-31H,8H2,(H,25,26)(H,22,23,32)/b24-7-/t14-,16-,17-,20-/m1/s1. The Bertz CT molecular complexity index is 1420. The van der Waals surface area contributed by atoms with Crippen molar-refractivity contribution in [3.8, 4) is 5.75 Å². The van der Waals surface area contributed by atoms with Gasteiger partial charge in [-0.1, -0.05) is 30.3 Å². The highest BCUT2D eigenvalue weighted by Gasteiger charge is 2.45. The molecule has 2 aromatic carbocycles. The molecule has 0 bridgehead atoms. The van der Waals surface area contributed by atoms with Gasteiger partial charge in [-0.2, -0.15) is 5.10 Å². The van der Waals surface area contributed by atoms with Gasteiger partial charge in [-0.3, -0.25) is 9.36 Å². The second-order valence-corrected chi connectivity index (χ2v) is 7.53. The number of phenolic OH excluding ortho intramolecular Hbond substituents is 1. The fourth-order valence-electron chi connectivity index (χ4n) is 3.91. The van der Waals surface area contributed by atoms with Gasteiger partial charge in [0, 0.05) is 5.56 Å². The minimum atomic E-state index is -1.42. The number of rotatable bonds is 5. The Morgan fingerprint density at radius 3 is 2.82 bits per heavy atom. The van der Waals surface area contributed by atoms with Gasteiger partial charge < -0.3 is 30.1 Å². The van der Waals surface area contributed by atoms with Crippen LogP contribution in [0.25, 0.3) is 21.9 Å². The Morgan fingerprint density at radius 2 is 2.03 bits per heavy atom. The van der Waals surface area contributed by atoms with Crippen LogP contribution < -0.4 is 11.0 Å². The molecule has 3 heterocycles. The summed E-state index contributed by atoms with van der Waals surface area (Å²) in [5, 5.41) is 46.2. The molecule has 0 spiro atoms. The maximum absolute atomic E-state index is 12.2. The number of ether oxygens (including phenoxy) is 1. The lowest BCUT2D eigenvalue weighted by atomic mass is 10.0. The number of H-pyrrole nitrogens is 1. The topological polar surface area (TPSA) is 178 Å². The number of hydrogen-bond acceptors (Lipinski definition) is 10. The summed E-state index contributed by atoms with van der Waals surface area (Å²) in [7, 11) is 0. The number of fused-ring (bicyclic) bond motifs is 2. The van der Waals surface area contributed by atoms with E-state index in [0.717, 1.165) is 10.8 Å². The van der Waals surface area contributed by atoms with Gasteiger partial charge in [-0.05, 0) is 16.8 Å². The van der Waals surface area contributed by atoms with E-state index in [1.54, 1.807) is 12.1 Å². The third-order valence-corrected chi connectivity index (χ3v) is 5.56. The first-order valence-corrected chi connectivity index (χ1v) is 10.1. The van der Waals surface area contributed by atoms with Gasteiger partial charge in [0.1, 0.15) is 24.1 Å². The number of aromatic hydroxyl groups is 1. The van der Waals surface area contributed by atoms with E-state index in [4.69, 9.17) is 4.74 Å². The van der Waals surface area contributed by atoms with Crippen LogP contribution in [-0.2, 0) is 4.74 Å². The van der Waals surface area contributed by atoms with Crippen molar-refractivity contribution in [1.82, 2.24) is 19.5 Å². The molecule has 33 heavy (non-hydrogen) atoms. The first kappa shape index (κ1) is 21.0. The maximum Gasteiger partial charge on any atom is 0.278 e. The monoisotopic (exact) mass is 452 g/mol. The van der Waals surface area contributed by atoms with Gasteiger partial charge in [0.05, 0.1) is 19.1 Å². The zero-order valence-electron chi connectivity index (χ0n) is 17.0. The highest BCUT2D eigenvalue weighted by molar-refractivity contribution is 6.02. The summed E-state index contributed by atoms with van der Waals surface area (Å²) >= 11 is 0. The number of imidazole rings is 1. The molecule has 1 fully saturated rings. The summed E-state index contributed by atoms with van der Waals surface area (Å²) in [6, 6.07) is 10.8. The van der Waals surface area contributed by atoms with Crippen molar-refractivity contribution < 1.29 is 25.2 Å². The predicted molar refractivity (Wildman–Crippen MR) is 118 cm³/mol. The molecule has 0 amide bonds. The van der Waals surface area contributed by atoms with Gasteiger partial charge in [-0.15, -0.1) is 0 Å². The maximum atomic E-state index is 12.2. The second-order valence-electron chi connectivity index (χ2n) is 7.53. The van der Waals surface area contributed by atoms with E-state index >= 15 is 0 Å². The number of aromatic nitrogens is 4. The van der Waals surface area contributed by atoms with Gasteiger partial charge in [-0.25, -0.2) is 15.4 Å². The molecule has 0 radical (unpaired) electrons. The van der Waals surface area contributed by atoms with Crippen molar-refractivity contribution in [2.75, 3.05) is 12.0 Å². The highest BCUT2D eigenvalue weighted by Crippen LogP contribution is 2.34. The van der Waals surface area contributed by atoms with Crippen LogP contribution in [0.2, 0.25) is 0 Å². The molecule has 170 valence electrons. The largest absolute Gasteiger partial charge is 0.507 e. The number of benzene rings is 2. The van der Waals surface area contributed by atoms with Crippen LogP contribution in [-0.4, -0.2) is 71.1 Å². The van der Waals surface area contributed by atoms with Crippen LogP contribution in [0.4, 0.5) is 5.95 Å². The van der Waals surface area contributed by atoms with Crippen molar-refractivity contribution >= 4 is 34.1 Å². The predicted octanol–water partition coefficient (Wildman–Crippen LogP) is 0.0359. The van der Waals surface area contributed by atoms with E-state index in [9.17, 15) is 25.2 Å². The molecule has 1 aliphatic rings. The van der Waals surface area contributed by atoms with Crippen molar-refractivity contribution in [3.05, 3.63) is 58.6 Å². The molecule has 12 nitrogen and oxygen atoms in total. The molecule has 5 rings (SSSR count). The fourth-order valence-corrected chi connectivity index (χ4v) is 3.91. The van der Waals surface area contributed by atoms with E-state index in [0.29, 0.717) is 5.56 Å². The van der Waals surface area contributed by atoms with Crippen molar-refractivity contribution in [3.63, 3.8) is 0 Å². The molecular formula is C21H20N6O6. The van der Waals surface area contributed by atoms with Crippen LogP contribution in [0, 0.1) is 0 Å². The van der Waals surface area contributed by atoms with E-state index in [-0.39, 0.29) is 22.9 Å². The molecule has 4 aromatic rings. The molecular weight excluding hydrogens is 432 g/mol. The first-order valence-electron chi connectivity index (χ1n) is 10.1. The van der Waals surface area contributed by atoms with E-state index < -0.39 is 36.7 Å². The highest BCUT2D eigenvalue weighted by atomic mass is 16.6. The number of anilines is 1. The van der Waals surface area contributed by atoms with E-state index in [2.05, 4.69) is 25.5 Å². The Hall–Kier alpha value is -3.84. The molecule has 4 atom stereocenters. The Balaban J connectivity index is 1.56. The zero-order valence-corrected chi connectivity index (χ0v) is 17.0. The molecule has 1 saturated heterocycles. The molecule has 0 aliphatic carbocycles. The fraction of sp³-hybridized carbons (Fsp3) is 0.238. The molecule has 6 N–H and O–H groups in total. The van der Waals surface area contributed by atoms with Crippen LogP contribution in [0.5, 0.6) is 5.75 Å². The van der Waals surface area contributed by atoms with Crippen LogP contribution in [0.1, 0.15) is 11.8 Å². The first-order chi connectivity index (χ1) is 16.0. The van der Waals surface area contributed by atoms with Gasteiger partial charge in [0.2, 0.25) is 5.95 Å². The third kappa shape index (κ3) is 3.50. The van der Waals surface area contributed by atoms with E-state index in [1.807, 2.05) is 24.3 Å². The number of aliphatic hydroxyl groups excluding tert-OH is 3. The normalized spacial score (nSPS) is 23.1. The summed E-state index contributed by atoms with van der Waals surface area (Å²) in [4.78, 5) is 23.0. The molecule has 0 unspecified atom stereocenters. The number of hydrogen-bond donors (Lipinski definition) is 6. The summed E-state index contributed by atoms with van der Waals surface area (Å²) in [5.74, 6) is 0.0225. The molecule has 12 heteroatoms. The number of nitrogens with zero attached hydrogens (tertiary/aromatic N) is 4. The molecule has 2 aromatic heterocycles. The SMILES string of the molecule is O=c1[nH]cnc2c1nc(N/N=C\c1c(O)ccc3ccccc13)n2[C@@H]1O[C@H](CO)[C@@H](O)[C@H]1O. The minimum Gasteiger partial charge on any atom is -0.507 e. The van der Waals surface area contributed by atoms with Gasteiger partial charge >= 0.3 is 0 Å². The molecule has 1 aliphatic heterocycles. The van der Waals surface area contributed by atoms with Crippen molar-refractivity contribution in [2.45, 2.75) is 24.5 Å². The quantitative estimate of drug-likeness (QED) is 0.180. The minimum absolute atomic E-state index is 0.0000151. The summed E-state index contributed by atoms with van der Waals surface area (Å²) in [5.41, 5.74) is 2.68. The third-order valence-electron chi connectivity index (χ3n) is 5.56. The zero-order chi connectivity index (χ0) is 23.1.